The lowest BCUT2D eigenvalue weighted by molar-refractivity contribution is -0.000634. The van der Waals surface area contributed by atoms with Crippen LogP contribution in [0.2, 0.25) is 0 Å². The maximum atomic E-state index is 9.24. The van der Waals surface area contributed by atoms with Crippen molar-refractivity contribution in [1.82, 2.24) is 0 Å². The van der Waals surface area contributed by atoms with Crippen molar-refractivity contribution in [2.75, 3.05) is 6.61 Å². The Kier molecular flexibility index (Phi) is 4.63. The molecule has 1 fully saturated rings. The lowest BCUT2D eigenvalue weighted by Crippen LogP contribution is -2.39. The minimum atomic E-state index is -0.662. The Morgan fingerprint density at radius 1 is 1.13 bits per heavy atom. The molecule has 0 radical (unpaired) electrons. The molecule has 1 atom stereocenters. The van der Waals surface area contributed by atoms with Crippen LogP contribution in [0.5, 0.6) is 5.75 Å². The highest BCUT2D eigenvalue weighted by molar-refractivity contribution is 5.93. The van der Waals surface area contributed by atoms with Crippen LogP contribution in [0.1, 0.15) is 30.9 Å². The van der Waals surface area contributed by atoms with Gasteiger partial charge in [0.2, 0.25) is 0 Å². The van der Waals surface area contributed by atoms with Gasteiger partial charge in [0.05, 0.1) is 5.71 Å². The Labute approximate surface area is 136 Å². The number of hydrogen-bond donors (Lipinski definition) is 1. The van der Waals surface area contributed by atoms with Crippen LogP contribution < -0.4 is 4.74 Å². The van der Waals surface area contributed by atoms with E-state index in [0.29, 0.717) is 18.9 Å². The SMILES string of the molecule is CC1(c2ccc(OCc3ccccc3)cc2)OCCC/C1=N\O. The summed E-state index contributed by atoms with van der Waals surface area (Å²) in [6.07, 6.45) is 1.63. The molecule has 1 N–H and O–H groups in total. The molecule has 23 heavy (non-hydrogen) atoms. The van der Waals surface area contributed by atoms with E-state index in [1.54, 1.807) is 0 Å². The van der Waals surface area contributed by atoms with Gasteiger partial charge in [0.25, 0.3) is 0 Å². The zero-order valence-electron chi connectivity index (χ0n) is 13.2. The van der Waals surface area contributed by atoms with Gasteiger partial charge in [0, 0.05) is 6.61 Å². The second-order valence-electron chi connectivity index (χ2n) is 5.83. The van der Waals surface area contributed by atoms with E-state index in [4.69, 9.17) is 9.47 Å². The topological polar surface area (TPSA) is 51.0 Å². The van der Waals surface area contributed by atoms with E-state index in [1.807, 2.05) is 61.5 Å². The van der Waals surface area contributed by atoms with Crippen molar-refractivity contribution in [3.63, 3.8) is 0 Å². The summed E-state index contributed by atoms with van der Waals surface area (Å²) in [5, 5.41) is 12.7. The predicted molar refractivity (Wildman–Crippen MR) is 89.0 cm³/mol. The molecule has 1 aliphatic heterocycles. The fraction of sp³-hybridized carbons (Fsp3) is 0.316. The van der Waals surface area contributed by atoms with Crippen LogP contribution in [0.15, 0.2) is 59.8 Å². The molecule has 0 aromatic heterocycles. The lowest BCUT2D eigenvalue weighted by atomic mass is 9.86. The van der Waals surface area contributed by atoms with Crippen LogP contribution in [0.3, 0.4) is 0 Å². The van der Waals surface area contributed by atoms with Crippen molar-refractivity contribution in [2.24, 2.45) is 5.16 Å². The first-order valence-corrected chi connectivity index (χ1v) is 7.85. The summed E-state index contributed by atoms with van der Waals surface area (Å²) in [7, 11) is 0. The molecule has 1 heterocycles. The highest BCUT2D eigenvalue weighted by Gasteiger charge is 2.36. The van der Waals surface area contributed by atoms with E-state index < -0.39 is 5.60 Å². The van der Waals surface area contributed by atoms with E-state index in [-0.39, 0.29) is 0 Å². The molecule has 2 aromatic carbocycles. The van der Waals surface area contributed by atoms with Crippen LogP contribution >= 0.6 is 0 Å². The summed E-state index contributed by atoms with van der Waals surface area (Å²) < 4.78 is 11.7. The number of hydrogen-bond acceptors (Lipinski definition) is 4. The Bertz CT molecular complexity index is 667. The van der Waals surface area contributed by atoms with E-state index >= 15 is 0 Å². The van der Waals surface area contributed by atoms with Crippen molar-refractivity contribution in [3.8, 4) is 5.75 Å². The number of ether oxygens (including phenoxy) is 2. The summed E-state index contributed by atoms with van der Waals surface area (Å²) in [4.78, 5) is 0. The van der Waals surface area contributed by atoms with Gasteiger partial charge in [0.1, 0.15) is 18.0 Å². The maximum Gasteiger partial charge on any atom is 0.132 e. The number of nitrogens with zero attached hydrogens (tertiary/aromatic N) is 1. The molecule has 1 aliphatic rings. The number of rotatable bonds is 4. The third-order valence-corrected chi connectivity index (χ3v) is 4.27. The average molecular weight is 311 g/mol. The molecule has 0 amide bonds. The van der Waals surface area contributed by atoms with Crippen molar-refractivity contribution in [1.29, 1.82) is 0 Å². The van der Waals surface area contributed by atoms with Gasteiger partial charge in [-0.1, -0.05) is 47.6 Å². The molecule has 4 nitrogen and oxygen atoms in total. The highest BCUT2D eigenvalue weighted by Crippen LogP contribution is 2.33. The van der Waals surface area contributed by atoms with Gasteiger partial charge in [-0.2, -0.15) is 0 Å². The largest absolute Gasteiger partial charge is 0.489 e. The zero-order chi connectivity index (χ0) is 16.1. The summed E-state index contributed by atoms with van der Waals surface area (Å²) in [6.45, 7) is 3.15. The molecule has 120 valence electrons. The normalized spacial score (nSPS) is 22.9. The first kappa shape index (κ1) is 15.6. The zero-order valence-corrected chi connectivity index (χ0v) is 13.2. The molecular weight excluding hydrogens is 290 g/mol. The second kappa shape index (κ2) is 6.84. The first-order valence-electron chi connectivity index (χ1n) is 7.85. The van der Waals surface area contributed by atoms with E-state index in [9.17, 15) is 5.21 Å². The summed E-state index contributed by atoms with van der Waals surface area (Å²) in [5.74, 6) is 0.805. The third-order valence-electron chi connectivity index (χ3n) is 4.27. The van der Waals surface area contributed by atoms with Crippen LogP contribution in [-0.2, 0) is 16.9 Å². The number of oxime groups is 1. The average Bonchev–Trinajstić information content (AvgIpc) is 2.61. The van der Waals surface area contributed by atoms with Gasteiger partial charge in [0.15, 0.2) is 0 Å². The predicted octanol–water partition coefficient (Wildman–Crippen LogP) is 4.12. The summed E-state index contributed by atoms with van der Waals surface area (Å²) in [5.41, 5.74) is 2.11. The molecule has 0 spiro atoms. The van der Waals surface area contributed by atoms with Gasteiger partial charge in [-0.05, 0) is 43.0 Å². The smallest absolute Gasteiger partial charge is 0.132 e. The molecule has 1 unspecified atom stereocenters. The van der Waals surface area contributed by atoms with Gasteiger partial charge < -0.3 is 14.7 Å². The van der Waals surface area contributed by atoms with Crippen LogP contribution in [0.25, 0.3) is 0 Å². The van der Waals surface area contributed by atoms with E-state index in [1.165, 1.54) is 0 Å². The van der Waals surface area contributed by atoms with Crippen molar-refractivity contribution >= 4 is 5.71 Å². The Balaban J connectivity index is 1.71. The Morgan fingerprint density at radius 2 is 1.87 bits per heavy atom. The molecule has 4 heteroatoms. The Morgan fingerprint density at radius 3 is 2.57 bits per heavy atom. The Hall–Kier alpha value is -2.33. The summed E-state index contributed by atoms with van der Waals surface area (Å²) >= 11 is 0. The molecule has 3 rings (SSSR count). The third kappa shape index (κ3) is 3.37. The van der Waals surface area contributed by atoms with Gasteiger partial charge in [-0.15, -0.1) is 0 Å². The van der Waals surface area contributed by atoms with Crippen molar-refractivity contribution in [2.45, 2.75) is 32.0 Å². The maximum absolute atomic E-state index is 9.24. The molecule has 0 saturated carbocycles. The quantitative estimate of drug-likeness (QED) is 0.682. The molecule has 2 aromatic rings. The minimum Gasteiger partial charge on any atom is -0.489 e. The standard InChI is InChI=1S/C19H21NO3/c1-19(18(20-21)8-5-13-23-19)16-9-11-17(12-10-16)22-14-15-6-3-2-4-7-15/h2-4,6-7,9-12,21H,5,8,13-14H2,1H3/b20-18+. The molecular formula is C19H21NO3. The molecule has 0 aliphatic carbocycles. The van der Waals surface area contributed by atoms with Crippen LogP contribution in [0.4, 0.5) is 0 Å². The second-order valence-corrected chi connectivity index (χ2v) is 5.83. The van der Waals surface area contributed by atoms with Gasteiger partial charge >= 0.3 is 0 Å². The molecule has 0 bridgehead atoms. The fourth-order valence-electron chi connectivity index (χ4n) is 2.84. The summed E-state index contributed by atoms with van der Waals surface area (Å²) in [6, 6.07) is 17.9. The minimum absolute atomic E-state index is 0.539. The van der Waals surface area contributed by atoms with Crippen molar-refractivity contribution < 1.29 is 14.7 Å². The van der Waals surface area contributed by atoms with Crippen LogP contribution in [-0.4, -0.2) is 17.5 Å². The number of benzene rings is 2. The highest BCUT2D eigenvalue weighted by atomic mass is 16.5. The van der Waals surface area contributed by atoms with Crippen LogP contribution in [0, 0.1) is 0 Å². The fourth-order valence-corrected chi connectivity index (χ4v) is 2.84. The molecule has 1 saturated heterocycles. The van der Waals surface area contributed by atoms with E-state index in [0.717, 1.165) is 29.7 Å². The first-order chi connectivity index (χ1) is 11.2. The monoisotopic (exact) mass is 311 g/mol. The van der Waals surface area contributed by atoms with Crippen molar-refractivity contribution in [3.05, 3.63) is 65.7 Å². The van der Waals surface area contributed by atoms with Gasteiger partial charge in [-0.3, -0.25) is 0 Å². The van der Waals surface area contributed by atoms with E-state index in [2.05, 4.69) is 5.16 Å². The van der Waals surface area contributed by atoms with Gasteiger partial charge in [-0.25, -0.2) is 0 Å². The lowest BCUT2D eigenvalue weighted by Gasteiger charge is -2.34.